The Morgan fingerprint density at radius 3 is 3.11 bits per heavy atom. The second-order valence-electron chi connectivity index (χ2n) is 5.98. The van der Waals surface area contributed by atoms with E-state index in [1.54, 1.807) is 11.3 Å². The van der Waals surface area contributed by atoms with Crippen LogP contribution < -0.4 is 5.73 Å². The lowest BCUT2D eigenvalue weighted by molar-refractivity contribution is 0.276. The predicted molar refractivity (Wildman–Crippen MR) is 74.7 cm³/mol. The van der Waals surface area contributed by atoms with Gasteiger partial charge >= 0.3 is 0 Å². The first kappa shape index (κ1) is 11.9. The van der Waals surface area contributed by atoms with Gasteiger partial charge in [0.2, 0.25) is 0 Å². The first-order chi connectivity index (χ1) is 8.55. The van der Waals surface area contributed by atoms with Gasteiger partial charge in [0.15, 0.2) is 0 Å². The van der Waals surface area contributed by atoms with E-state index in [9.17, 15) is 0 Å². The molecule has 2 aromatic heterocycles. The van der Waals surface area contributed by atoms with Gasteiger partial charge in [0.25, 0.3) is 0 Å². The monoisotopic (exact) mass is 261 g/mol. The van der Waals surface area contributed by atoms with Crippen molar-refractivity contribution in [1.82, 2.24) is 9.55 Å². The molecule has 1 aliphatic carbocycles. The van der Waals surface area contributed by atoms with Crippen LogP contribution in [-0.2, 0) is 13.0 Å². The van der Waals surface area contributed by atoms with Crippen LogP contribution in [0.15, 0.2) is 23.2 Å². The zero-order chi connectivity index (χ0) is 12.8. The van der Waals surface area contributed by atoms with Crippen molar-refractivity contribution in [3.05, 3.63) is 40.1 Å². The second kappa shape index (κ2) is 4.21. The molecule has 2 heterocycles. The van der Waals surface area contributed by atoms with Crippen molar-refractivity contribution in [3.8, 4) is 0 Å². The topological polar surface area (TPSA) is 43.8 Å². The highest BCUT2D eigenvalue weighted by molar-refractivity contribution is 7.07. The fourth-order valence-corrected chi connectivity index (χ4v) is 3.48. The number of nitrogens with zero attached hydrogens (tertiary/aromatic N) is 2. The average molecular weight is 261 g/mol. The number of hydrogen-bond acceptors (Lipinski definition) is 3. The molecule has 0 bridgehead atoms. The molecule has 4 heteroatoms. The normalized spacial score (nSPS) is 21.8. The number of thiazole rings is 1. The van der Waals surface area contributed by atoms with Gasteiger partial charge in [-0.05, 0) is 29.9 Å². The summed E-state index contributed by atoms with van der Waals surface area (Å²) in [6.45, 7) is 5.47. The van der Waals surface area contributed by atoms with Crippen molar-refractivity contribution in [2.24, 2.45) is 11.1 Å². The van der Waals surface area contributed by atoms with E-state index >= 15 is 0 Å². The zero-order valence-corrected chi connectivity index (χ0v) is 11.7. The summed E-state index contributed by atoms with van der Waals surface area (Å²) < 4.78 is 2.31. The minimum Gasteiger partial charge on any atom is -0.345 e. The molecule has 1 atom stereocenters. The van der Waals surface area contributed by atoms with Crippen molar-refractivity contribution in [2.75, 3.05) is 0 Å². The van der Waals surface area contributed by atoms with E-state index in [0.29, 0.717) is 5.41 Å². The fourth-order valence-electron chi connectivity index (χ4n) is 2.93. The Morgan fingerprint density at radius 2 is 2.39 bits per heavy atom. The van der Waals surface area contributed by atoms with Crippen LogP contribution in [0, 0.1) is 5.41 Å². The van der Waals surface area contributed by atoms with Crippen LogP contribution in [0.3, 0.4) is 0 Å². The number of aromatic nitrogens is 2. The van der Waals surface area contributed by atoms with Gasteiger partial charge in [-0.3, -0.25) is 0 Å². The third kappa shape index (κ3) is 2.10. The van der Waals surface area contributed by atoms with E-state index in [2.05, 4.69) is 41.0 Å². The Hall–Kier alpha value is -1.13. The second-order valence-corrected chi connectivity index (χ2v) is 6.70. The molecule has 0 saturated carbocycles. The summed E-state index contributed by atoms with van der Waals surface area (Å²) >= 11 is 1.65. The Bertz CT molecular complexity index is 539. The molecule has 0 spiro atoms. The quantitative estimate of drug-likeness (QED) is 0.903. The molecule has 1 unspecified atom stereocenters. The maximum absolute atomic E-state index is 6.28. The summed E-state index contributed by atoms with van der Waals surface area (Å²) in [5.74, 6) is 0. The predicted octanol–water partition coefficient (Wildman–Crippen LogP) is 2.97. The maximum Gasteiger partial charge on any atom is 0.0795 e. The summed E-state index contributed by atoms with van der Waals surface area (Å²) in [6.07, 6.45) is 4.33. The smallest absolute Gasteiger partial charge is 0.0795 e. The lowest BCUT2D eigenvalue weighted by atomic mass is 9.74. The lowest BCUT2D eigenvalue weighted by Gasteiger charge is -2.34. The van der Waals surface area contributed by atoms with Crippen molar-refractivity contribution in [2.45, 2.75) is 39.3 Å². The van der Waals surface area contributed by atoms with Crippen LogP contribution >= 0.6 is 11.3 Å². The Labute approximate surface area is 112 Å². The Kier molecular flexibility index (Phi) is 2.79. The van der Waals surface area contributed by atoms with Gasteiger partial charge in [-0.25, -0.2) is 4.98 Å². The molecule has 0 aliphatic heterocycles. The molecular formula is C14H19N3S. The molecule has 0 aromatic carbocycles. The minimum absolute atomic E-state index is 0.181. The van der Waals surface area contributed by atoms with Crippen LogP contribution in [0.25, 0.3) is 0 Å². The average Bonchev–Trinajstić information content (AvgIpc) is 2.88. The van der Waals surface area contributed by atoms with Gasteiger partial charge in [-0.2, -0.15) is 0 Å². The van der Waals surface area contributed by atoms with E-state index in [0.717, 1.165) is 25.1 Å². The molecule has 2 N–H and O–H groups in total. The number of rotatable bonds is 2. The SMILES string of the molecule is CC1(C)Cc2c(ccn2Cc2cscn2)C(N)C1. The first-order valence-electron chi connectivity index (χ1n) is 6.36. The van der Waals surface area contributed by atoms with E-state index in [1.165, 1.54) is 11.3 Å². The van der Waals surface area contributed by atoms with Crippen molar-refractivity contribution in [3.63, 3.8) is 0 Å². The highest BCUT2D eigenvalue weighted by atomic mass is 32.1. The first-order valence-corrected chi connectivity index (χ1v) is 7.30. The minimum atomic E-state index is 0.181. The largest absolute Gasteiger partial charge is 0.345 e. The van der Waals surface area contributed by atoms with E-state index in [1.807, 2.05) is 5.51 Å². The van der Waals surface area contributed by atoms with Crippen molar-refractivity contribution in [1.29, 1.82) is 0 Å². The summed E-state index contributed by atoms with van der Waals surface area (Å²) in [4.78, 5) is 4.36. The van der Waals surface area contributed by atoms with Gasteiger partial charge < -0.3 is 10.3 Å². The zero-order valence-electron chi connectivity index (χ0n) is 10.9. The van der Waals surface area contributed by atoms with Gasteiger partial charge in [0, 0.05) is 23.3 Å². The van der Waals surface area contributed by atoms with Crippen LogP contribution in [0.2, 0.25) is 0 Å². The van der Waals surface area contributed by atoms with Gasteiger partial charge in [0.05, 0.1) is 17.7 Å². The third-order valence-electron chi connectivity index (χ3n) is 3.75. The van der Waals surface area contributed by atoms with Crippen LogP contribution in [0.4, 0.5) is 0 Å². The molecule has 2 aromatic rings. The molecule has 0 saturated heterocycles. The molecule has 0 fully saturated rings. The third-order valence-corrected chi connectivity index (χ3v) is 4.38. The summed E-state index contributed by atoms with van der Waals surface area (Å²) in [5.41, 5.74) is 12.3. The molecule has 0 amide bonds. The highest BCUT2D eigenvalue weighted by Gasteiger charge is 2.32. The maximum atomic E-state index is 6.28. The van der Waals surface area contributed by atoms with E-state index in [4.69, 9.17) is 5.73 Å². The van der Waals surface area contributed by atoms with Crippen LogP contribution in [0.5, 0.6) is 0 Å². The van der Waals surface area contributed by atoms with E-state index in [-0.39, 0.29) is 6.04 Å². The Balaban J connectivity index is 1.94. The van der Waals surface area contributed by atoms with Gasteiger partial charge in [-0.15, -0.1) is 11.3 Å². The molecule has 96 valence electrons. The number of hydrogen-bond donors (Lipinski definition) is 1. The van der Waals surface area contributed by atoms with Crippen LogP contribution in [-0.4, -0.2) is 9.55 Å². The molecule has 3 nitrogen and oxygen atoms in total. The molecule has 0 radical (unpaired) electrons. The summed E-state index contributed by atoms with van der Waals surface area (Å²) in [6, 6.07) is 2.36. The Morgan fingerprint density at radius 1 is 1.56 bits per heavy atom. The van der Waals surface area contributed by atoms with Gasteiger partial charge in [-0.1, -0.05) is 13.8 Å². The molecule has 1 aliphatic rings. The lowest BCUT2D eigenvalue weighted by Crippen LogP contribution is -2.30. The number of nitrogens with two attached hydrogens (primary N) is 1. The van der Waals surface area contributed by atoms with E-state index < -0.39 is 0 Å². The van der Waals surface area contributed by atoms with Gasteiger partial charge in [0.1, 0.15) is 0 Å². The number of fused-ring (bicyclic) bond motifs is 1. The summed E-state index contributed by atoms with van der Waals surface area (Å²) in [7, 11) is 0. The van der Waals surface area contributed by atoms with Crippen molar-refractivity contribution >= 4 is 11.3 Å². The standard InChI is InChI=1S/C14H19N3S/c1-14(2)5-12(15)11-3-4-17(13(11)6-14)7-10-8-18-9-16-10/h3-4,8-9,12H,5-7,15H2,1-2H3. The van der Waals surface area contributed by atoms with Crippen molar-refractivity contribution < 1.29 is 0 Å². The highest BCUT2D eigenvalue weighted by Crippen LogP contribution is 2.40. The van der Waals surface area contributed by atoms with Crippen LogP contribution in [0.1, 0.15) is 43.3 Å². The molecule has 3 rings (SSSR count). The molecule has 18 heavy (non-hydrogen) atoms. The fraction of sp³-hybridized carbons (Fsp3) is 0.500. The summed E-state index contributed by atoms with van der Waals surface area (Å²) in [5, 5.41) is 2.11. The molecular weight excluding hydrogens is 242 g/mol.